The fourth-order valence-corrected chi connectivity index (χ4v) is 6.74. The first-order valence-corrected chi connectivity index (χ1v) is 12.8. The molecular formula is C25H32O13. The molecule has 4 fully saturated rings. The van der Waals surface area contributed by atoms with E-state index in [0.29, 0.717) is 11.1 Å². The third-order valence-electron chi connectivity index (χ3n) is 8.99. The van der Waals surface area contributed by atoms with E-state index < -0.39 is 97.2 Å². The van der Waals surface area contributed by atoms with Crippen LogP contribution in [0.3, 0.4) is 0 Å². The highest BCUT2D eigenvalue weighted by Crippen LogP contribution is 2.60. The van der Waals surface area contributed by atoms with Crippen molar-refractivity contribution in [3.8, 4) is 0 Å². The van der Waals surface area contributed by atoms with E-state index in [4.69, 9.17) is 28.4 Å². The lowest BCUT2D eigenvalue weighted by molar-refractivity contribution is -0.344. The molecule has 5 unspecified atom stereocenters. The molecule has 2 aliphatic carbocycles. The second-order valence-corrected chi connectivity index (χ2v) is 11.1. The number of fused-ring (bicyclic) bond motifs is 4. The lowest BCUT2D eigenvalue weighted by Crippen LogP contribution is -2.60. The minimum absolute atomic E-state index is 0.142. The number of esters is 2. The zero-order valence-corrected chi connectivity index (χ0v) is 20.8. The van der Waals surface area contributed by atoms with E-state index in [1.165, 1.54) is 6.26 Å². The van der Waals surface area contributed by atoms with Gasteiger partial charge in [0.15, 0.2) is 6.29 Å². The Hall–Kier alpha value is -2.10. The van der Waals surface area contributed by atoms with Gasteiger partial charge in [0, 0.05) is 17.4 Å². The molecule has 0 aromatic heterocycles. The SMILES string of the molecule is CC1=C2C(=O)OCC(C(=O)O[C@H]3C4C=CO[C@@H](O[C@@H]5O[C@H](CO)[C@@H](O)[C@H](O)[C@H]5O)C4[C@@]4(C)O[C@@H]34)C2CC1O. The molecule has 14 atom stereocenters. The van der Waals surface area contributed by atoms with Crippen LogP contribution in [0.25, 0.3) is 0 Å². The van der Waals surface area contributed by atoms with Gasteiger partial charge in [0.05, 0.1) is 30.8 Å². The zero-order valence-electron chi connectivity index (χ0n) is 20.8. The molecule has 4 heterocycles. The highest BCUT2D eigenvalue weighted by Gasteiger charge is 2.75. The molecule has 4 aliphatic heterocycles. The average Bonchev–Trinajstić information content (AvgIpc) is 3.40. The van der Waals surface area contributed by atoms with Crippen LogP contribution < -0.4 is 0 Å². The topological polar surface area (TPSA) is 194 Å². The predicted octanol–water partition coefficient (Wildman–Crippen LogP) is -2.14. The van der Waals surface area contributed by atoms with Crippen molar-refractivity contribution in [3.63, 3.8) is 0 Å². The van der Waals surface area contributed by atoms with E-state index in [1.54, 1.807) is 13.0 Å². The first-order valence-electron chi connectivity index (χ1n) is 12.8. The van der Waals surface area contributed by atoms with Crippen molar-refractivity contribution >= 4 is 11.9 Å². The van der Waals surface area contributed by atoms with Crippen LogP contribution in [-0.2, 0) is 38.0 Å². The summed E-state index contributed by atoms with van der Waals surface area (Å²) in [6.45, 7) is 2.74. The van der Waals surface area contributed by atoms with Crippen molar-refractivity contribution < 1.29 is 63.5 Å². The molecule has 3 saturated heterocycles. The Labute approximate surface area is 217 Å². The van der Waals surface area contributed by atoms with E-state index >= 15 is 0 Å². The maximum absolute atomic E-state index is 13.3. The molecule has 6 rings (SSSR count). The molecule has 210 valence electrons. The summed E-state index contributed by atoms with van der Waals surface area (Å²) in [5.41, 5.74) is 0.0576. The summed E-state index contributed by atoms with van der Waals surface area (Å²) in [7, 11) is 0. The van der Waals surface area contributed by atoms with Crippen molar-refractivity contribution in [2.24, 2.45) is 23.7 Å². The van der Waals surface area contributed by atoms with E-state index in [-0.39, 0.29) is 18.9 Å². The van der Waals surface area contributed by atoms with Crippen LogP contribution in [0.15, 0.2) is 23.5 Å². The van der Waals surface area contributed by atoms with Crippen molar-refractivity contribution in [3.05, 3.63) is 23.5 Å². The fraction of sp³-hybridized carbons (Fsp3) is 0.760. The van der Waals surface area contributed by atoms with Crippen molar-refractivity contribution in [1.82, 2.24) is 0 Å². The Morgan fingerprint density at radius 3 is 2.66 bits per heavy atom. The van der Waals surface area contributed by atoms with E-state index in [1.807, 2.05) is 6.92 Å². The summed E-state index contributed by atoms with van der Waals surface area (Å²) >= 11 is 0. The van der Waals surface area contributed by atoms with Gasteiger partial charge in [0.25, 0.3) is 0 Å². The lowest BCUT2D eigenvalue weighted by atomic mass is 9.84. The van der Waals surface area contributed by atoms with Gasteiger partial charge >= 0.3 is 11.9 Å². The third kappa shape index (κ3) is 3.83. The van der Waals surface area contributed by atoms with Gasteiger partial charge in [0.1, 0.15) is 48.8 Å². The number of cyclic esters (lactones) is 1. The molecule has 0 bridgehead atoms. The summed E-state index contributed by atoms with van der Waals surface area (Å²) in [6.07, 6.45) is -6.94. The molecule has 6 aliphatic rings. The van der Waals surface area contributed by atoms with Crippen LogP contribution in [-0.4, -0.2) is 112 Å². The Bertz CT molecular complexity index is 1060. The number of ether oxygens (including phenoxy) is 6. The van der Waals surface area contributed by atoms with Gasteiger partial charge in [-0.15, -0.1) is 0 Å². The zero-order chi connectivity index (χ0) is 27.1. The summed E-state index contributed by atoms with van der Waals surface area (Å²) < 4.78 is 34.2. The number of hydrogen-bond donors (Lipinski definition) is 5. The summed E-state index contributed by atoms with van der Waals surface area (Å²) in [4.78, 5) is 25.6. The highest BCUT2D eigenvalue weighted by atomic mass is 16.8. The van der Waals surface area contributed by atoms with Crippen molar-refractivity contribution in [1.29, 1.82) is 0 Å². The molecular weight excluding hydrogens is 508 g/mol. The van der Waals surface area contributed by atoms with Gasteiger partial charge < -0.3 is 54.0 Å². The quantitative estimate of drug-likeness (QED) is 0.187. The van der Waals surface area contributed by atoms with Gasteiger partial charge in [-0.3, -0.25) is 4.79 Å². The summed E-state index contributed by atoms with van der Waals surface area (Å²) in [5, 5.41) is 50.3. The number of carbonyl (C=O) groups excluding carboxylic acids is 2. The Morgan fingerprint density at radius 1 is 1.16 bits per heavy atom. The predicted molar refractivity (Wildman–Crippen MR) is 120 cm³/mol. The van der Waals surface area contributed by atoms with Crippen molar-refractivity contribution in [2.75, 3.05) is 13.2 Å². The molecule has 0 spiro atoms. The number of aliphatic hydroxyl groups is 5. The Balaban J connectivity index is 1.17. The molecule has 0 radical (unpaired) electrons. The number of epoxide rings is 1. The third-order valence-corrected chi connectivity index (χ3v) is 8.99. The first-order chi connectivity index (χ1) is 18.1. The molecule has 0 aromatic rings. The average molecular weight is 541 g/mol. The number of aliphatic hydroxyl groups excluding tert-OH is 5. The van der Waals surface area contributed by atoms with Crippen LogP contribution in [0.1, 0.15) is 20.3 Å². The lowest BCUT2D eigenvalue weighted by Gasteiger charge is -2.43. The van der Waals surface area contributed by atoms with E-state index in [9.17, 15) is 35.1 Å². The highest BCUT2D eigenvalue weighted by molar-refractivity contribution is 5.93. The standard InChI is InChI=1S/C25H32O13/c1-8-12(27)5-10-11(7-34-22(32)14(8)10)21(31)36-19-9-3-4-33-23(15(9)25(2)20(19)38-25)37-24-18(30)17(29)16(28)13(6-26)35-24/h3-4,9-13,15-20,23-24,26-30H,5-7H2,1-2H3/t9?,10?,11?,12?,13-,15?,16-,17+,18-,19+,20+,23+,24+,25-/m1/s1. The Kier molecular flexibility index (Phi) is 6.35. The van der Waals surface area contributed by atoms with Crippen LogP contribution >= 0.6 is 0 Å². The van der Waals surface area contributed by atoms with Gasteiger partial charge in [0.2, 0.25) is 6.29 Å². The fourth-order valence-electron chi connectivity index (χ4n) is 6.74. The first kappa shape index (κ1) is 26.1. The second-order valence-electron chi connectivity index (χ2n) is 11.1. The number of hydrogen-bond acceptors (Lipinski definition) is 13. The number of rotatable bonds is 5. The minimum Gasteiger partial charge on any atom is -0.472 e. The molecule has 0 aromatic carbocycles. The maximum atomic E-state index is 13.3. The van der Waals surface area contributed by atoms with Crippen LogP contribution in [0, 0.1) is 23.7 Å². The van der Waals surface area contributed by atoms with Gasteiger partial charge in [-0.25, -0.2) is 4.79 Å². The van der Waals surface area contributed by atoms with Crippen LogP contribution in [0.5, 0.6) is 0 Å². The van der Waals surface area contributed by atoms with Gasteiger partial charge in [-0.1, -0.05) is 0 Å². The molecule has 38 heavy (non-hydrogen) atoms. The molecule has 13 heteroatoms. The van der Waals surface area contributed by atoms with Crippen LogP contribution in [0.2, 0.25) is 0 Å². The largest absolute Gasteiger partial charge is 0.472 e. The van der Waals surface area contributed by atoms with Gasteiger partial charge in [-0.05, 0) is 31.9 Å². The normalized spacial score (nSPS) is 51.0. The monoisotopic (exact) mass is 540 g/mol. The Morgan fingerprint density at radius 2 is 1.92 bits per heavy atom. The van der Waals surface area contributed by atoms with Crippen LogP contribution in [0.4, 0.5) is 0 Å². The van der Waals surface area contributed by atoms with Crippen molar-refractivity contribution in [2.45, 2.75) is 81.2 Å². The second kappa shape index (κ2) is 9.24. The number of carbonyl (C=O) groups is 2. The maximum Gasteiger partial charge on any atom is 0.334 e. The smallest absolute Gasteiger partial charge is 0.334 e. The van der Waals surface area contributed by atoms with E-state index in [0.717, 1.165) is 0 Å². The molecule has 1 saturated carbocycles. The summed E-state index contributed by atoms with van der Waals surface area (Å²) in [6, 6.07) is 0. The van der Waals surface area contributed by atoms with Gasteiger partial charge in [-0.2, -0.15) is 0 Å². The molecule has 0 amide bonds. The van der Waals surface area contributed by atoms with E-state index in [2.05, 4.69) is 0 Å². The summed E-state index contributed by atoms with van der Waals surface area (Å²) in [5.74, 6) is -3.20. The minimum atomic E-state index is -1.61. The molecule has 13 nitrogen and oxygen atoms in total. The molecule has 5 N–H and O–H groups in total.